The molecule has 1 aliphatic rings. The fraction of sp³-hybridized carbons (Fsp3) is 0.400. The lowest BCUT2D eigenvalue weighted by Crippen LogP contribution is -2.13. The van der Waals surface area contributed by atoms with E-state index < -0.39 is 24.6 Å². The van der Waals surface area contributed by atoms with E-state index in [1.165, 1.54) is 6.92 Å². The summed E-state index contributed by atoms with van der Waals surface area (Å²) in [5.41, 5.74) is 0.262. The Morgan fingerprint density at radius 1 is 1.67 bits per heavy atom. The fourth-order valence-electron chi connectivity index (χ4n) is 0.945. The van der Waals surface area contributed by atoms with Crippen molar-refractivity contribution in [1.82, 2.24) is 0 Å². The molecule has 12 heavy (non-hydrogen) atoms. The topological polar surface area (TPSA) is 71.4 Å². The predicted molar refractivity (Wildman–Crippen MR) is 49.2 cm³/mol. The second kappa shape index (κ2) is 2.73. The molecule has 0 spiro atoms. The van der Waals surface area contributed by atoms with Crippen molar-refractivity contribution in [2.24, 2.45) is 0 Å². The van der Waals surface area contributed by atoms with Crippen LogP contribution in [0.25, 0.3) is 0 Å². The van der Waals surface area contributed by atoms with Crippen LogP contribution in [0.1, 0.15) is 6.92 Å². The van der Waals surface area contributed by atoms with Gasteiger partial charge >= 0.3 is 0 Å². The number of hydrogen-bond donors (Lipinski definition) is 1. The molecule has 0 radical (unpaired) electrons. The van der Waals surface area contributed by atoms with Crippen molar-refractivity contribution in [3.8, 4) is 0 Å². The van der Waals surface area contributed by atoms with Crippen LogP contribution in [0.15, 0.2) is 11.0 Å². The summed E-state index contributed by atoms with van der Waals surface area (Å²) in [4.78, 5) is -0.107. The van der Waals surface area contributed by atoms with Gasteiger partial charge in [0.05, 0.1) is 10.6 Å². The van der Waals surface area contributed by atoms with Crippen LogP contribution in [0.2, 0.25) is 0 Å². The first kappa shape index (κ1) is 10.0. The Labute approximate surface area is 75.5 Å². The van der Waals surface area contributed by atoms with Crippen molar-refractivity contribution in [3.63, 3.8) is 0 Å². The molecular formula is C5H7ClO4S2. The lowest BCUT2D eigenvalue weighted by molar-refractivity contribution is 0.575. The first-order chi connectivity index (χ1) is 5.22. The molecule has 0 fully saturated rings. The third-order valence-electron chi connectivity index (χ3n) is 1.43. The van der Waals surface area contributed by atoms with Crippen LogP contribution in [0, 0.1) is 0 Å². The molecule has 0 saturated heterocycles. The summed E-state index contributed by atoms with van der Waals surface area (Å²) in [6.45, 7) is 1.44. The Hall–Kier alpha value is -0.0400. The smallest absolute Gasteiger partial charge is 0.176 e. The minimum Gasteiger partial charge on any atom is -0.302 e. The Morgan fingerprint density at radius 3 is 2.33 bits per heavy atom. The van der Waals surface area contributed by atoms with E-state index in [2.05, 4.69) is 0 Å². The van der Waals surface area contributed by atoms with Crippen LogP contribution < -0.4 is 0 Å². The van der Waals surface area contributed by atoms with Crippen molar-refractivity contribution in [1.29, 1.82) is 0 Å². The first-order valence-corrected chi connectivity index (χ1v) is 7.01. The lowest BCUT2D eigenvalue weighted by Gasteiger charge is -1.98. The molecule has 1 N–H and O–H groups in total. The highest BCUT2D eigenvalue weighted by Crippen LogP contribution is 2.17. The fourth-order valence-corrected chi connectivity index (χ4v) is 4.67. The largest absolute Gasteiger partial charge is 0.302 e. The van der Waals surface area contributed by atoms with Gasteiger partial charge in [-0.1, -0.05) is 0 Å². The van der Waals surface area contributed by atoms with Gasteiger partial charge in [0.25, 0.3) is 0 Å². The van der Waals surface area contributed by atoms with Crippen LogP contribution in [-0.4, -0.2) is 27.8 Å². The minimum atomic E-state index is -3.63. The average molecular weight is 231 g/mol. The summed E-state index contributed by atoms with van der Waals surface area (Å²) in [5.74, 6) is -0.447. The van der Waals surface area contributed by atoms with Gasteiger partial charge in [-0.25, -0.2) is 12.6 Å². The molecule has 70 valence electrons. The molecule has 0 aromatic carbocycles. The van der Waals surface area contributed by atoms with Gasteiger partial charge in [0.2, 0.25) is 0 Å². The molecule has 1 unspecified atom stereocenters. The Balaban J connectivity index is 3.44. The van der Waals surface area contributed by atoms with Gasteiger partial charge in [-0.2, -0.15) is 0 Å². The van der Waals surface area contributed by atoms with E-state index in [1.807, 2.05) is 0 Å². The summed E-state index contributed by atoms with van der Waals surface area (Å²) in [7, 11) is -1.88. The maximum Gasteiger partial charge on any atom is 0.176 e. The van der Waals surface area contributed by atoms with E-state index in [4.69, 9.17) is 15.2 Å². The highest BCUT2D eigenvalue weighted by Gasteiger charge is 2.26. The summed E-state index contributed by atoms with van der Waals surface area (Å²) in [5, 5.41) is 0.959. The zero-order chi connectivity index (χ0) is 9.57. The van der Waals surface area contributed by atoms with E-state index in [1.54, 1.807) is 0 Å². The Kier molecular flexibility index (Phi) is 2.28. The number of hydrogen-bond acceptors (Lipinski definition) is 3. The van der Waals surface area contributed by atoms with Gasteiger partial charge in [0, 0.05) is 16.1 Å². The number of sulfone groups is 1. The molecule has 4 nitrogen and oxygen atoms in total. The summed E-state index contributed by atoms with van der Waals surface area (Å²) in [6.07, 6.45) is 0. The summed E-state index contributed by atoms with van der Waals surface area (Å²) >= 11 is 0. The second-order valence-corrected chi connectivity index (χ2v) is 7.00. The van der Waals surface area contributed by atoms with Gasteiger partial charge in [-0.3, -0.25) is 0 Å². The van der Waals surface area contributed by atoms with Crippen molar-refractivity contribution in [2.45, 2.75) is 6.92 Å². The van der Waals surface area contributed by atoms with Crippen LogP contribution in [0.3, 0.4) is 0 Å². The average Bonchev–Trinajstić information content (AvgIpc) is 2.03. The number of rotatable bonds is 0. The summed E-state index contributed by atoms with van der Waals surface area (Å²) in [6, 6.07) is 0. The molecule has 0 amide bonds. The SMILES string of the molecule is CC1=CS(=O)(=O)CC1=S(=O)(O)Cl. The third kappa shape index (κ3) is 2.01. The van der Waals surface area contributed by atoms with Crippen molar-refractivity contribution < 1.29 is 17.2 Å². The standard InChI is InChI=1S/C5H7ClO4S2/c1-4-2-11(7,8)3-5(4)12(6,9)10/h2H,3H2,1H3,(H,9,10). The first-order valence-electron chi connectivity index (χ1n) is 2.96. The minimum absolute atomic E-state index is 0.107. The molecule has 0 aliphatic carbocycles. The van der Waals surface area contributed by atoms with Crippen molar-refractivity contribution in [2.75, 3.05) is 5.75 Å². The molecular weight excluding hydrogens is 224 g/mol. The van der Waals surface area contributed by atoms with Crippen molar-refractivity contribution in [3.05, 3.63) is 11.0 Å². The zero-order valence-electron chi connectivity index (χ0n) is 6.15. The molecule has 1 heterocycles. The lowest BCUT2D eigenvalue weighted by atomic mass is 10.3. The van der Waals surface area contributed by atoms with Gasteiger partial charge in [-0.15, -0.1) is 0 Å². The Bertz CT molecular complexity index is 442. The normalized spacial score (nSPS) is 26.6. The molecule has 1 rings (SSSR count). The molecule has 0 saturated carbocycles. The highest BCUT2D eigenvalue weighted by atomic mass is 35.7. The van der Waals surface area contributed by atoms with E-state index >= 15 is 0 Å². The molecule has 0 aromatic heterocycles. The van der Waals surface area contributed by atoms with Crippen LogP contribution in [-0.2, 0) is 18.9 Å². The van der Waals surface area contributed by atoms with Crippen molar-refractivity contribution >= 4 is 34.4 Å². The molecule has 1 aliphatic heterocycles. The second-order valence-electron chi connectivity index (χ2n) is 2.49. The maximum atomic E-state index is 10.9. The highest BCUT2D eigenvalue weighted by molar-refractivity contribution is 8.19. The number of halogens is 1. The molecule has 0 bridgehead atoms. The zero-order valence-corrected chi connectivity index (χ0v) is 8.54. The quantitative estimate of drug-likeness (QED) is 0.483. The number of allylic oxidation sites excluding steroid dienone is 1. The van der Waals surface area contributed by atoms with Crippen LogP contribution in [0.5, 0.6) is 0 Å². The van der Waals surface area contributed by atoms with E-state index in [9.17, 15) is 12.6 Å². The molecule has 1 atom stereocenters. The van der Waals surface area contributed by atoms with Crippen LogP contribution in [0.4, 0.5) is 0 Å². The maximum absolute atomic E-state index is 10.9. The van der Waals surface area contributed by atoms with Gasteiger partial charge in [0.15, 0.2) is 18.9 Å². The van der Waals surface area contributed by atoms with Gasteiger partial charge < -0.3 is 4.55 Å². The molecule has 7 heteroatoms. The summed E-state index contributed by atoms with van der Waals surface area (Å²) < 4.78 is 41.5. The van der Waals surface area contributed by atoms with E-state index in [0.717, 1.165) is 5.41 Å². The third-order valence-corrected chi connectivity index (χ3v) is 4.65. The molecule has 0 aromatic rings. The predicted octanol–water partition coefficient (Wildman–Crippen LogP) is 0.402. The van der Waals surface area contributed by atoms with E-state index in [-0.39, 0.29) is 10.4 Å². The van der Waals surface area contributed by atoms with Crippen LogP contribution >= 0.6 is 10.7 Å². The monoisotopic (exact) mass is 230 g/mol. The van der Waals surface area contributed by atoms with Gasteiger partial charge in [-0.05, 0) is 12.5 Å². The Morgan fingerprint density at radius 2 is 2.17 bits per heavy atom. The van der Waals surface area contributed by atoms with E-state index in [0.29, 0.717) is 0 Å². The van der Waals surface area contributed by atoms with Gasteiger partial charge in [0.1, 0.15) is 0 Å².